The molecule has 0 spiro atoms. The molecule has 2 amide bonds. The molecule has 0 aromatic heterocycles. The third kappa shape index (κ3) is 3.74. The second-order valence-corrected chi connectivity index (χ2v) is 8.07. The zero-order valence-corrected chi connectivity index (χ0v) is 16.5. The molecule has 3 aliphatic carbocycles. The van der Waals surface area contributed by atoms with Gasteiger partial charge >= 0.3 is 0 Å². The molecule has 0 atom stereocenters. The minimum atomic E-state index is -0.600. The minimum absolute atomic E-state index is 0.00358. The zero-order valence-electron chi connectivity index (χ0n) is 15.8. The van der Waals surface area contributed by atoms with E-state index in [0.717, 1.165) is 6.07 Å². The number of amides is 2. The van der Waals surface area contributed by atoms with Crippen LogP contribution in [0.1, 0.15) is 29.6 Å². The van der Waals surface area contributed by atoms with Crippen LogP contribution in [-0.4, -0.2) is 36.6 Å². The summed E-state index contributed by atoms with van der Waals surface area (Å²) in [4.78, 5) is 24.7. The van der Waals surface area contributed by atoms with Crippen molar-refractivity contribution < 1.29 is 23.5 Å². The van der Waals surface area contributed by atoms with Gasteiger partial charge in [-0.2, -0.15) is 0 Å². The standard InChI is InChI=1S/C21H20ClFN2O4/c1-28-17-5-3-2-4-14(17)19(27)25-21-10-20(11-21,12-21)24-18(26)9-29-13-6-7-15(22)16(23)8-13/h2-8H,9-12H2,1H3,(H,24,26)(H,25,27). The first-order valence-electron chi connectivity index (χ1n) is 9.18. The van der Waals surface area contributed by atoms with Crippen molar-refractivity contribution in [2.24, 2.45) is 0 Å². The number of carbonyl (C=O) groups is 2. The monoisotopic (exact) mass is 418 g/mol. The van der Waals surface area contributed by atoms with Crippen molar-refractivity contribution in [3.8, 4) is 11.5 Å². The fourth-order valence-corrected chi connectivity index (χ4v) is 4.36. The molecule has 2 aromatic rings. The highest BCUT2D eigenvalue weighted by Crippen LogP contribution is 2.60. The second-order valence-electron chi connectivity index (χ2n) is 7.66. The van der Waals surface area contributed by atoms with Crippen LogP contribution in [0.4, 0.5) is 4.39 Å². The summed E-state index contributed by atoms with van der Waals surface area (Å²) in [6.07, 6.45) is 2.01. The first-order valence-corrected chi connectivity index (χ1v) is 9.56. The molecule has 3 fully saturated rings. The highest BCUT2D eigenvalue weighted by atomic mass is 35.5. The van der Waals surface area contributed by atoms with Crippen LogP contribution in [0.15, 0.2) is 42.5 Å². The maximum absolute atomic E-state index is 13.4. The number of para-hydroxylation sites is 1. The van der Waals surface area contributed by atoms with E-state index in [0.29, 0.717) is 30.6 Å². The number of nitrogens with one attached hydrogen (secondary N) is 2. The molecule has 2 bridgehead atoms. The van der Waals surface area contributed by atoms with Crippen molar-refractivity contribution in [2.45, 2.75) is 30.3 Å². The Kier molecular flexibility index (Phi) is 4.86. The van der Waals surface area contributed by atoms with Gasteiger partial charge in [-0.3, -0.25) is 9.59 Å². The van der Waals surface area contributed by atoms with E-state index in [-0.39, 0.29) is 40.3 Å². The lowest BCUT2D eigenvalue weighted by molar-refractivity contribution is -0.141. The van der Waals surface area contributed by atoms with Gasteiger partial charge in [0, 0.05) is 17.1 Å². The van der Waals surface area contributed by atoms with E-state index in [2.05, 4.69) is 10.6 Å². The number of halogens is 2. The molecule has 2 N–H and O–H groups in total. The quantitative estimate of drug-likeness (QED) is 0.724. The average molecular weight is 419 g/mol. The van der Waals surface area contributed by atoms with Crippen LogP contribution in [0, 0.1) is 5.82 Å². The van der Waals surface area contributed by atoms with Crippen molar-refractivity contribution in [1.29, 1.82) is 0 Å². The summed E-state index contributed by atoms with van der Waals surface area (Å²) in [6, 6.07) is 11.1. The zero-order chi connectivity index (χ0) is 20.6. The van der Waals surface area contributed by atoms with E-state index in [9.17, 15) is 14.0 Å². The highest BCUT2D eigenvalue weighted by molar-refractivity contribution is 6.30. The number of ether oxygens (including phenoxy) is 2. The van der Waals surface area contributed by atoms with Crippen molar-refractivity contribution >= 4 is 23.4 Å². The van der Waals surface area contributed by atoms with Gasteiger partial charge in [0.05, 0.1) is 17.7 Å². The first kappa shape index (κ1) is 19.5. The topological polar surface area (TPSA) is 76.7 Å². The van der Waals surface area contributed by atoms with Gasteiger partial charge in [0.1, 0.15) is 17.3 Å². The van der Waals surface area contributed by atoms with Crippen LogP contribution in [0.5, 0.6) is 11.5 Å². The number of hydrogen-bond acceptors (Lipinski definition) is 4. The van der Waals surface area contributed by atoms with Crippen LogP contribution < -0.4 is 20.1 Å². The van der Waals surface area contributed by atoms with Gasteiger partial charge in [0.25, 0.3) is 11.8 Å². The summed E-state index contributed by atoms with van der Waals surface area (Å²) in [6.45, 7) is -0.219. The predicted molar refractivity (Wildman–Crippen MR) is 105 cm³/mol. The van der Waals surface area contributed by atoms with E-state index >= 15 is 0 Å². The molecule has 152 valence electrons. The van der Waals surface area contributed by atoms with Crippen LogP contribution in [-0.2, 0) is 4.79 Å². The summed E-state index contributed by atoms with van der Waals surface area (Å²) in [5.41, 5.74) is -0.105. The Balaban J connectivity index is 1.26. The van der Waals surface area contributed by atoms with Gasteiger partial charge in [-0.05, 0) is 43.5 Å². The highest BCUT2D eigenvalue weighted by Gasteiger charge is 2.69. The Bertz CT molecular complexity index is 961. The molecule has 0 unspecified atom stereocenters. The third-order valence-corrected chi connectivity index (χ3v) is 5.73. The molecule has 0 radical (unpaired) electrons. The lowest BCUT2D eigenvalue weighted by Gasteiger charge is -2.70. The van der Waals surface area contributed by atoms with E-state index in [1.165, 1.54) is 19.2 Å². The van der Waals surface area contributed by atoms with Gasteiger partial charge in [-0.25, -0.2) is 4.39 Å². The lowest BCUT2D eigenvalue weighted by Crippen LogP contribution is -2.84. The van der Waals surface area contributed by atoms with E-state index in [1.54, 1.807) is 18.2 Å². The number of benzene rings is 2. The predicted octanol–water partition coefficient (Wildman–Crippen LogP) is 3.09. The van der Waals surface area contributed by atoms with Crippen LogP contribution in [0.2, 0.25) is 5.02 Å². The van der Waals surface area contributed by atoms with Crippen molar-refractivity contribution in [3.05, 3.63) is 58.9 Å². The van der Waals surface area contributed by atoms with Gasteiger partial charge in [0.15, 0.2) is 6.61 Å². The molecule has 0 heterocycles. The summed E-state index contributed by atoms with van der Waals surface area (Å²) in [5, 5.41) is 6.01. The molecule has 2 aromatic carbocycles. The summed E-state index contributed by atoms with van der Waals surface area (Å²) >= 11 is 5.62. The Morgan fingerprint density at radius 3 is 2.48 bits per heavy atom. The third-order valence-electron chi connectivity index (χ3n) is 5.43. The SMILES string of the molecule is COc1ccccc1C(=O)NC12CC(NC(=O)COc3ccc(Cl)c(F)c3)(C1)C2. The van der Waals surface area contributed by atoms with Crippen molar-refractivity contribution in [3.63, 3.8) is 0 Å². The van der Waals surface area contributed by atoms with Crippen molar-refractivity contribution in [2.75, 3.05) is 13.7 Å². The second kappa shape index (κ2) is 7.22. The van der Waals surface area contributed by atoms with E-state index in [4.69, 9.17) is 21.1 Å². The lowest BCUT2D eigenvalue weighted by atomic mass is 9.44. The first-order chi connectivity index (χ1) is 13.8. The number of carbonyl (C=O) groups excluding carboxylic acids is 2. The van der Waals surface area contributed by atoms with E-state index in [1.807, 2.05) is 6.07 Å². The number of rotatable bonds is 7. The molecule has 8 heteroatoms. The normalized spacial score (nSPS) is 24.0. The fourth-order valence-electron chi connectivity index (χ4n) is 4.24. The van der Waals surface area contributed by atoms with E-state index < -0.39 is 5.82 Å². The Morgan fingerprint density at radius 1 is 1.10 bits per heavy atom. The van der Waals surface area contributed by atoms with Gasteiger partial charge < -0.3 is 20.1 Å². The van der Waals surface area contributed by atoms with Crippen LogP contribution >= 0.6 is 11.6 Å². The molecule has 0 saturated heterocycles. The molecule has 29 heavy (non-hydrogen) atoms. The summed E-state index contributed by atoms with van der Waals surface area (Å²) in [7, 11) is 1.53. The Labute approximate surface area is 172 Å². The molecular formula is C21H20ClFN2O4. The summed E-state index contributed by atoms with van der Waals surface area (Å²) < 4.78 is 24.0. The van der Waals surface area contributed by atoms with Crippen molar-refractivity contribution in [1.82, 2.24) is 10.6 Å². The molecule has 6 nitrogen and oxygen atoms in total. The molecule has 3 aliphatic rings. The fraction of sp³-hybridized carbons (Fsp3) is 0.333. The Hall–Kier alpha value is -2.80. The smallest absolute Gasteiger partial charge is 0.258 e. The molecule has 0 aliphatic heterocycles. The molecular weight excluding hydrogens is 399 g/mol. The van der Waals surface area contributed by atoms with Gasteiger partial charge in [-0.15, -0.1) is 0 Å². The number of hydrogen-bond donors (Lipinski definition) is 2. The average Bonchev–Trinajstić information content (AvgIpc) is 2.66. The van der Waals surface area contributed by atoms with Gasteiger partial charge in [-0.1, -0.05) is 23.7 Å². The largest absolute Gasteiger partial charge is 0.496 e. The molecule has 5 rings (SSSR count). The van der Waals surface area contributed by atoms with Crippen LogP contribution in [0.25, 0.3) is 0 Å². The molecule has 3 saturated carbocycles. The number of methoxy groups -OCH3 is 1. The van der Waals surface area contributed by atoms with Gasteiger partial charge in [0.2, 0.25) is 0 Å². The minimum Gasteiger partial charge on any atom is -0.496 e. The maximum Gasteiger partial charge on any atom is 0.258 e. The van der Waals surface area contributed by atoms with Crippen LogP contribution in [0.3, 0.4) is 0 Å². The summed E-state index contributed by atoms with van der Waals surface area (Å²) in [5.74, 6) is -0.313. The maximum atomic E-state index is 13.4. The Morgan fingerprint density at radius 2 is 1.79 bits per heavy atom.